The normalized spacial score (nSPS) is 23.3. The third-order valence-electron chi connectivity index (χ3n) is 4.10. The quantitative estimate of drug-likeness (QED) is 0.767. The number of halogens is 1. The lowest BCUT2D eigenvalue weighted by Gasteiger charge is -2.27. The molecule has 0 radical (unpaired) electrons. The standard InChI is InChI=1S/C16H21BrO2/c1-3-11-4-7-13(17)10-15(11)16(18)12-5-8-14(19-2)9-6-12/h4,7,10,12,14H,3,5-6,8-9H2,1-2H3. The van der Waals surface area contributed by atoms with Crippen LogP contribution in [-0.2, 0) is 11.2 Å². The molecule has 0 unspecified atom stereocenters. The Morgan fingerprint density at radius 3 is 2.58 bits per heavy atom. The molecule has 1 aromatic rings. The summed E-state index contributed by atoms with van der Waals surface area (Å²) in [5.41, 5.74) is 2.06. The molecule has 0 atom stereocenters. The predicted molar refractivity (Wildman–Crippen MR) is 80.6 cm³/mol. The number of ether oxygens (including phenoxy) is 1. The average Bonchev–Trinajstić information content (AvgIpc) is 2.46. The van der Waals surface area contributed by atoms with Crippen molar-refractivity contribution >= 4 is 21.7 Å². The summed E-state index contributed by atoms with van der Waals surface area (Å²) in [7, 11) is 1.76. The second kappa shape index (κ2) is 6.67. The lowest BCUT2D eigenvalue weighted by Crippen LogP contribution is -2.26. The second-order valence-corrected chi connectivity index (χ2v) is 6.14. The van der Waals surface area contributed by atoms with E-state index < -0.39 is 0 Å². The van der Waals surface area contributed by atoms with E-state index in [0.717, 1.165) is 47.7 Å². The predicted octanol–water partition coefficient (Wildman–Crippen LogP) is 4.40. The Morgan fingerprint density at radius 2 is 2.00 bits per heavy atom. The van der Waals surface area contributed by atoms with Crippen LogP contribution in [-0.4, -0.2) is 19.0 Å². The van der Waals surface area contributed by atoms with Gasteiger partial charge in [0, 0.05) is 23.1 Å². The molecule has 0 spiro atoms. The highest BCUT2D eigenvalue weighted by atomic mass is 79.9. The summed E-state index contributed by atoms with van der Waals surface area (Å²) in [5.74, 6) is 0.485. The van der Waals surface area contributed by atoms with Crippen LogP contribution >= 0.6 is 15.9 Å². The van der Waals surface area contributed by atoms with Crippen molar-refractivity contribution in [2.45, 2.75) is 45.1 Å². The lowest BCUT2D eigenvalue weighted by atomic mass is 9.81. The number of hydrogen-bond acceptors (Lipinski definition) is 2. The van der Waals surface area contributed by atoms with Crippen LogP contribution in [0.3, 0.4) is 0 Å². The van der Waals surface area contributed by atoms with Gasteiger partial charge in [0.15, 0.2) is 5.78 Å². The highest BCUT2D eigenvalue weighted by Gasteiger charge is 2.27. The first-order valence-corrected chi connectivity index (χ1v) is 7.80. The molecule has 19 heavy (non-hydrogen) atoms. The van der Waals surface area contributed by atoms with Gasteiger partial charge in [-0.05, 0) is 49.8 Å². The second-order valence-electron chi connectivity index (χ2n) is 5.23. The van der Waals surface area contributed by atoms with E-state index in [0.29, 0.717) is 11.9 Å². The summed E-state index contributed by atoms with van der Waals surface area (Å²) >= 11 is 3.47. The number of hydrogen-bond donors (Lipinski definition) is 0. The Hall–Kier alpha value is -0.670. The van der Waals surface area contributed by atoms with E-state index in [1.165, 1.54) is 0 Å². The highest BCUT2D eigenvalue weighted by Crippen LogP contribution is 2.30. The van der Waals surface area contributed by atoms with Crippen molar-refractivity contribution in [1.29, 1.82) is 0 Å². The van der Waals surface area contributed by atoms with Gasteiger partial charge in [0.1, 0.15) is 0 Å². The van der Waals surface area contributed by atoms with E-state index in [9.17, 15) is 4.79 Å². The van der Waals surface area contributed by atoms with E-state index in [4.69, 9.17) is 4.74 Å². The molecule has 1 aliphatic rings. The molecule has 3 heteroatoms. The molecular weight excluding hydrogens is 304 g/mol. The van der Waals surface area contributed by atoms with Crippen molar-refractivity contribution in [1.82, 2.24) is 0 Å². The number of carbonyl (C=O) groups excluding carboxylic acids is 1. The third-order valence-corrected chi connectivity index (χ3v) is 4.59. The van der Waals surface area contributed by atoms with E-state index in [1.54, 1.807) is 7.11 Å². The zero-order valence-electron chi connectivity index (χ0n) is 11.6. The summed E-state index contributed by atoms with van der Waals surface area (Å²) in [4.78, 5) is 12.7. The van der Waals surface area contributed by atoms with Crippen LogP contribution in [0.2, 0.25) is 0 Å². The Kier molecular flexibility index (Phi) is 5.17. The minimum absolute atomic E-state index is 0.172. The van der Waals surface area contributed by atoms with Crippen molar-refractivity contribution < 1.29 is 9.53 Å². The molecule has 2 rings (SSSR count). The van der Waals surface area contributed by atoms with Gasteiger partial charge in [-0.2, -0.15) is 0 Å². The van der Waals surface area contributed by atoms with Gasteiger partial charge in [0.05, 0.1) is 6.10 Å². The van der Waals surface area contributed by atoms with Gasteiger partial charge < -0.3 is 4.74 Å². The first-order valence-electron chi connectivity index (χ1n) is 7.01. The molecule has 1 aliphatic carbocycles. The fraction of sp³-hybridized carbons (Fsp3) is 0.562. The van der Waals surface area contributed by atoms with E-state index in [2.05, 4.69) is 28.9 Å². The Morgan fingerprint density at radius 1 is 1.32 bits per heavy atom. The Bertz CT molecular complexity index is 448. The molecule has 1 saturated carbocycles. The van der Waals surface area contributed by atoms with Crippen LogP contribution in [0.5, 0.6) is 0 Å². The Labute approximate surface area is 123 Å². The van der Waals surface area contributed by atoms with Crippen LogP contribution in [0.25, 0.3) is 0 Å². The molecule has 0 heterocycles. The van der Waals surface area contributed by atoms with Crippen molar-refractivity contribution in [2.75, 3.05) is 7.11 Å². The van der Waals surface area contributed by atoms with E-state index in [1.807, 2.05) is 12.1 Å². The van der Waals surface area contributed by atoms with Gasteiger partial charge in [0.25, 0.3) is 0 Å². The summed E-state index contributed by atoms with van der Waals surface area (Å²) in [6.07, 6.45) is 5.16. The Balaban J connectivity index is 2.14. The topological polar surface area (TPSA) is 26.3 Å². The van der Waals surface area contributed by atoms with Crippen LogP contribution in [0.1, 0.15) is 48.5 Å². The number of aryl methyl sites for hydroxylation is 1. The largest absolute Gasteiger partial charge is 0.381 e. The van der Waals surface area contributed by atoms with Gasteiger partial charge in [-0.25, -0.2) is 0 Å². The van der Waals surface area contributed by atoms with Crippen LogP contribution in [0.15, 0.2) is 22.7 Å². The molecule has 1 aromatic carbocycles. The average molecular weight is 325 g/mol. The highest BCUT2D eigenvalue weighted by molar-refractivity contribution is 9.10. The van der Waals surface area contributed by atoms with Crippen molar-refractivity contribution in [2.24, 2.45) is 5.92 Å². The van der Waals surface area contributed by atoms with Crippen molar-refractivity contribution in [3.05, 3.63) is 33.8 Å². The summed E-state index contributed by atoms with van der Waals surface area (Å²) in [5, 5.41) is 0. The SMILES string of the molecule is CCc1ccc(Br)cc1C(=O)C1CCC(OC)CC1. The minimum atomic E-state index is 0.172. The molecule has 2 nitrogen and oxygen atoms in total. The molecule has 0 amide bonds. The maximum atomic E-state index is 12.7. The molecule has 0 aromatic heterocycles. The smallest absolute Gasteiger partial charge is 0.166 e. The fourth-order valence-corrected chi connectivity index (χ4v) is 3.23. The van der Waals surface area contributed by atoms with Crippen LogP contribution in [0, 0.1) is 5.92 Å². The maximum absolute atomic E-state index is 12.7. The monoisotopic (exact) mass is 324 g/mol. The van der Waals surface area contributed by atoms with Gasteiger partial charge in [-0.15, -0.1) is 0 Å². The molecular formula is C16H21BrO2. The van der Waals surface area contributed by atoms with E-state index >= 15 is 0 Å². The van der Waals surface area contributed by atoms with Crippen LogP contribution in [0.4, 0.5) is 0 Å². The number of methoxy groups -OCH3 is 1. The molecule has 0 bridgehead atoms. The molecule has 1 fully saturated rings. The van der Waals surface area contributed by atoms with E-state index in [-0.39, 0.29) is 5.92 Å². The van der Waals surface area contributed by atoms with Gasteiger partial charge in [0.2, 0.25) is 0 Å². The first kappa shape index (κ1) is 14.7. The molecule has 104 valence electrons. The zero-order chi connectivity index (χ0) is 13.8. The third kappa shape index (κ3) is 3.46. The fourth-order valence-electron chi connectivity index (χ4n) is 2.87. The van der Waals surface area contributed by atoms with Gasteiger partial charge in [-0.1, -0.05) is 28.9 Å². The van der Waals surface area contributed by atoms with Crippen molar-refractivity contribution in [3.8, 4) is 0 Å². The molecule has 0 aliphatic heterocycles. The van der Waals surface area contributed by atoms with Gasteiger partial charge >= 0.3 is 0 Å². The minimum Gasteiger partial charge on any atom is -0.381 e. The first-order chi connectivity index (χ1) is 9.15. The number of carbonyl (C=O) groups is 1. The number of ketones is 1. The van der Waals surface area contributed by atoms with Crippen molar-refractivity contribution in [3.63, 3.8) is 0 Å². The number of rotatable bonds is 4. The number of Topliss-reactive ketones (excluding diaryl/α,β-unsaturated/α-hetero) is 1. The number of benzene rings is 1. The summed E-state index contributed by atoms with van der Waals surface area (Å²) < 4.78 is 6.35. The zero-order valence-corrected chi connectivity index (χ0v) is 13.2. The molecule has 0 N–H and O–H groups in total. The van der Waals surface area contributed by atoms with Crippen LogP contribution < -0.4 is 0 Å². The summed E-state index contributed by atoms with van der Waals surface area (Å²) in [6, 6.07) is 6.04. The molecule has 0 saturated heterocycles. The lowest BCUT2D eigenvalue weighted by molar-refractivity contribution is 0.0519. The maximum Gasteiger partial charge on any atom is 0.166 e. The van der Waals surface area contributed by atoms with Gasteiger partial charge in [-0.3, -0.25) is 4.79 Å². The summed E-state index contributed by atoms with van der Waals surface area (Å²) in [6.45, 7) is 2.10.